The van der Waals surface area contributed by atoms with Gasteiger partial charge in [-0.3, -0.25) is 10.1 Å². The van der Waals surface area contributed by atoms with E-state index in [0.29, 0.717) is 39.3 Å². The molecule has 0 unspecified atom stereocenters. The van der Waals surface area contributed by atoms with Crippen molar-refractivity contribution in [3.8, 4) is 33.1 Å². The van der Waals surface area contributed by atoms with Gasteiger partial charge in [-0.05, 0) is 41.3 Å². The largest absolute Gasteiger partial charge is 0.397 e. The third-order valence-corrected chi connectivity index (χ3v) is 6.02. The number of nitrogens with two attached hydrogens (primary N) is 1. The number of nitrogens with zero attached hydrogens (tertiary/aromatic N) is 4. The van der Waals surface area contributed by atoms with Crippen LogP contribution in [0.2, 0.25) is 0 Å². The number of halogens is 1. The number of rotatable bonds is 3. The number of pyridine rings is 2. The van der Waals surface area contributed by atoms with Crippen LogP contribution in [0.3, 0.4) is 0 Å². The number of anilines is 1. The molecule has 4 N–H and O–H groups in total. The average molecular weight is 427 g/mol. The molecular weight excluding hydrogens is 413 g/mol. The molecule has 6 rings (SSSR count). The molecule has 5 heterocycles. The Morgan fingerprint density at radius 1 is 1.06 bits per heavy atom. The number of benzene rings is 1. The predicted octanol–water partition coefficient (Wildman–Crippen LogP) is 5.01. The first-order valence-corrected chi connectivity index (χ1v) is 10.3. The van der Waals surface area contributed by atoms with E-state index in [1.807, 2.05) is 29.6 Å². The molecule has 0 atom stereocenters. The Morgan fingerprint density at radius 2 is 2.00 bits per heavy atom. The lowest BCUT2D eigenvalue weighted by molar-refractivity contribution is 0.636. The second kappa shape index (κ2) is 6.71. The molecule has 7 nitrogen and oxygen atoms in total. The summed E-state index contributed by atoms with van der Waals surface area (Å²) < 4.78 is 14.9. The van der Waals surface area contributed by atoms with E-state index in [1.54, 1.807) is 36.0 Å². The predicted molar refractivity (Wildman–Crippen MR) is 120 cm³/mol. The molecule has 1 aromatic carbocycles. The van der Waals surface area contributed by atoms with Crippen molar-refractivity contribution >= 4 is 39.1 Å². The Bertz CT molecular complexity index is 1570. The monoisotopic (exact) mass is 427 g/mol. The summed E-state index contributed by atoms with van der Waals surface area (Å²) in [7, 11) is 0. The maximum Gasteiger partial charge on any atom is 0.160 e. The highest BCUT2D eigenvalue weighted by molar-refractivity contribution is 7.13. The number of hydrogen-bond donors (Lipinski definition) is 3. The summed E-state index contributed by atoms with van der Waals surface area (Å²) in [6, 6.07) is 11.0. The molecule has 0 saturated heterocycles. The van der Waals surface area contributed by atoms with Gasteiger partial charge in [0.25, 0.3) is 0 Å². The van der Waals surface area contributed by atoms with E-state index in [-0.39, 0.29) is 0 Å². The van der Waals surface area contributed by atoms with E-state index in [1.165, 1.54) is 6.07 Å². The average Bonchev–Trinajstić information content (AvgIpc) is 3.52. The maximum absolute atomic E-state index is 14.9. The number of hydrogen-bond acceptors (Lipinski definition) is 6. The lowest BCUT2D eigenvalue weighted by Crippen LogP contribution is -1.89. The first-order valence-electron chi connectivity index (χ1n) is 9.45. The van der Waals surface area contributed by atoms with Crippen molar-refractivity contribution in [2.45, 2.75) is 0 Å². The first kappa shape index (κ1) is 17.7. The number of thiophene rings is 1. The molecule has 31 heavy (non-hydrogen) atoms. The van der Waals surface area contributed by atoms with Crippen molar-refractivity contribution in [2.24, 2.45) is 0 Å². The fourth-order valence-corrected chi connectivity index (χ4v) is 4.45. The molecule has 0 spiro atoms. The SMILES string of the molecule is Nc1cncc(-c2cc(F)c3[nH]nc(-c4nc5c(-c6cccs6)ccnc5[nH]4)c3c2)c1. The second-order valence-electron chi connectivity index (χ2n) is 7.08. The maximum atomic E-state index is 14.9. The van der Waals surface area contributed by atoms with Gasteiger partial charge < -0.3 is 10.7 Å². The van der Waals surface area contributed by atoms with Crippen molar-refractivity contribution in [3.05, 3.63) is 66.2 Å². The number of aromatic amines is 2. The van der Waals surface area contributed by atoms with Gasteiger partial charge in [-0.1, -0.05) is 6.07 Å². The van der Waals surface area contributed by atoms with Gasteiger partial charge in [-0.2, -0.15) is 5.10 Å². The molecule has 150 valence electrons. The Balaban J connectivity index is 1.55. The second-order valence-corrected chi connectivity index (χ2v) is 8.03. The number of imidazole rings is 1. The normalized spacial score (nSPS) is 11.5. The zero-order valence-electron chi connectivity index (χ0n) is 15.9. The van der Waals surface area contributed by atoms with Crippen LogP contribution in [0.4, 0.5) is 10.1 Å². The summed E-state index contributed by atoms with van der Waals surface area (Å²) in [4.78, 5) is 17.6. The van der Waals surface area contributed by atoms with Crippen molar-refractivity contribution in [1.82, 2.24) is 30.1 Å². The Kier molecular flexibility index (Phi) is 3.84. The molecular formula is C22H14FN7S. The molecule has 0 bridgehead atoms. The number of nitrogen functional groups attached to an aromatic ring is 1. The summed E-state index contributed by atoms with van der Waals surface area (Å²) in [5, 5.41) is 9.76. The number of H-pyrrole nitrogens is 2. The topological polar surface area (TPSA) is 109 Å². The Hall–Kier alpha value is -4.11. The highest BCUT2D eigenvalue weighted by Crippen LogP contribution is 2.34. The lowest BCUT2D eigenvalue weighted by Gasteiger charge is -2.04. The fourth-order valence-electron chi connectivity index (χ4n) is 3.70. The van der Waals surface area contributed by atoms with Crippen LogP contribution in [-0.2, 0) is 0 Å². The van der Waals surface area contributed by atoms with E-state index in [0.717, 1.165) is 21.5 Å². The molecule has 0 aliphatic heterocycles. The zero-order chi connectivity index (χ0) is 20.9. The van der Waals surface area contributed by atoms with Gasteiger partial charge in [0.05, 0.1) is 5.69 Å². The van der Waals surface area contributed by atoms with Gasteiger partial charge in [0.2, 0.25) is 0 Å². The van der Waals surface area contributed by atoms with Crippen molar-refractivity contribution in [1.29, 1.82) is 0 Å². The van der Waals surface area contributed by atoms with E-state index in [4.69, 9.17) is 10.7 Å². The summed E-state index contributed by atoms with van der Waals surface area (Å²) >= 11 is 1.63. The summed E-state index contributed by atoms with van der Waals surface area (Å²) in [5.74, 6) is 0.0993. The minimum Gasteiger partial charge on any atom is -0.397 e. The summed E-state index contributed by atoms with van der Waals surface area (Å²) in [6.07, 6.45) is 4.94. The first-order chi connectivity index (χ1) is 15.2. The molecule has 0 aliphatic carbocycles. The molecule has 6 aromatic rings. The minimum absolute atomic E-state index is 0.308. The third-order valence-electron chi connectivity index (χ3n) is 5.11. The van der Waals surface area contributed by atoms with Gasteiger partial charge in [0, 0.05) is 40.0 Å². The van der Waals surface area contributed by atoms with Gasteiger partial charge in [-0.25, -0.2) is 14.4 Å². The number of aromatic nitrogens is 6. The highest BCUT2D eigenvalue weighted by Gasteiger charge is 2.18. The van der Waals surface area contributed by atoms with Crippen LogP contribution in [0, 0.1) is 5.82 Å². The molecule has 9 heteroatoms. The fraction of sp³-hybridized carbons (Fsp3) is 0. The Labute approximate surface area is 178 Å². The lowest BCUT2D eigenvalue weighted by atomic mass is 10.0. The van der Waals surface area contributed by atoms with Crippen LogP contribution in [-0.4, -0.2) is 30.1 Å². The van der Waals surface area contributed by atoms with E-state index >= 15 is 0 Å². The van der Waals surface area contributed by atoms with Crippen LogP contribution < -0.4 is 5.73 Å². The quantitative estimate of drug-likeness (QED) is 0.368. The molecule has 0 amide bonds. The van der Waals surface area contributed by atoms with E-state index in [2.05, 4.69) is 25.1 Å². The van der Waals surface area contributed by atoms with Crippen LogP contribution >= 0.6 is 11.3 Å². The number of fused-ring (bicyclic) bond motifs is 2. The van der Waals surface area contributed by atoms with E-state index in [9.17, 15) is 4.39 Å². The molecule has 5 aromatic heterocycles. The molecule has 0 saturated carbocycles. The van der Waals surface area contributed by atoms with Gasteiger partial charge >= 0.3 is 0 Å². The number of nitrogens with one attached hydrogen (secondary N) is 2. The molecule has 0 aliphatic rings. The minimum atomic E-state index is -0.415. The molecule has 0 fully saturated rings. The van der Waals surface area contributed by atoms with Gasteiger partial charge in [0.15, 0.2) is 11.5 Å². The van der Waals surface area contributed by atoms with Crippen LogP contribution in [0.1, 0.15) is 0 Å². The van der Waals surface area contributed by atoms with Crippen molar-refractivity contribution < 1.29 is 4.39 Å². The van der Waals surface area contributed by atoms with Crippen LogP contribution in [0.25, 0.3) is 55.2 Å². The van der Waals surface area contributed by atoms with Gasteiger partial charge in [-0.15, -0.1) is 11.3 Å². The highest BCUT2D eigenvalue weighted by atomic mass is 32.1. The van der Waals surface area contributed by atoms with Crippen LogP contribution in [0.15, 0.2) is 60.4 Å². The zero-order valence-corrected chi connectivity index (χ0v) is 16.7. The third kappa shape index (κ3) is 2.86. The van der Waals surface area contributed by atoms with Crippen LogP contribution in [0.5, 0.6) is 0 Å². The standard InChI is InChI=1S/C22H14FN7S/c23-16-8-11(12-6-13(24)10-25-9-12)7-15-18(16)29-30-20(15)22-27-19-14(17-2-1-5-31-17)3-4-26-21(19)28-22/h1-10H,24H2,(H,29,30)(H,26,27,28). The smallest absolute Gasteiger partial charge is 0.160 e. The summed E-state index contributed by atoms with van der Waals surface area (Å²) in [5.41, 5.74) is 10.9. The molecule has 0 radical (unpaired) electrons. The Morgan fingerprint density at radius 3 is 2.84 bits per heavy atom. The summed E-state index contributed by atoms with van der Waals surface area (Å²) in [6.45, 7) is 0. The van der Waals surface area contributed by atoms with Gasteiger partial charge in [0.1, 0.15) is 22.5 Å². The van der Waals surface area contributed by atoms with E-state index < -0.39 is 5.82 Å². The van der Waals surface area contributed by atoms with Crippen molar-refractivity contribution in [2.75, 3.05) is 5.73 Å². The van der Waals surface area contributed by atoms with Crippen molar-refractivity contribution in [3.63, 3.8) is 0 Å².